The molecule has 1 atom stereocenters. The fraction of sp³-hybridized carbons (Fsp3) is 0.462. The zero-order valence-electron chi connectivity index (χ0n) is 10.2. The molecule has 0 aliphatic rings. The van der Waals surface area contributed by atoms with Crippen LogP contribution in [-0.4, -0.2) is 24.0 Å². The van der Waals surface area contributed by atoms with Crippen molar-refractivity contribution in [2.75, 3.05) is 18.1 Å². The molecule has 1 aromatic carbocycles. The van der Waals surface area contributed by atoms with Crippen LogP contribution in [0.3, 0.4) is 0 Å². The number of hydrogen-bond acceptors (Lipinski definition) is 4. The first kappa shape index (κ1) is 13.9. The van der Waals surface area contributed by atoms with Gasteiger partial charge in [-0.2, -0.15) is 5.26 Å². The first-order chi connectivity index (χ1) is 8.19. The summed E-state index contributed by atoms with van der Waals surface area (Å²) in [6.07, 6.45) is 3.38. The molecule has 0 heterocycles. The lowest BCUT2D eigenvalue weighted by Crippen LogP contribution is -2.07. The molecule has 1 aromatic rings. The van der Waals surface area contributed by atoms with Crippen molar-refractivity contribution in [1.82, 2.24) is 0 Å². The van der Waals surface area contributed by atoms with Crippen LogP contribution in [0.1, 0.15) is 25.3 Å². The van der Waals surface area contributed by atoms with Gasteiger partial charge in [-0.25, -0.2) is 0 Å². The molecule has 0 saturated carbocycles. The van der Waals surface area contributed by atoms with Crippen LogP contribution < -0.4 is 5.32 Å². The lowest BCUT2D eigenvalue weighted by Gasteiger charge is -2.11. The zero-order chi connectivity index (χ0) is 12.7. The van der Waals surface area contributed by atoms with Crippen LogP contribution in [0.2, 0.25) is 0 Å². The van der Waals surface area contributed by atoms with E-state index < -0.39 is 0 Å². The van der Waals surface area contributed by atoms with E-state index >= 15 is 0 Å². The molecule has 0 aliphatic heterocycles. The normalized spacial score (nSPS) is 11.9. The van der Waals surface area contributed by atoms with E-state index in [1.807, 2.05) is 24.5 Å². The number of anilines is 1. The Morgan fingerprint density at radius 1 is 1.53 bits per heavy atom. The molecule has 1 rings (SSSR count). The summed E-state index contributed by atoms with van der Waals surface area (Å²) in [6, 6.07) is 8.05. The van der Waals surface area contributed by atoms with E-state index in [-0.39, 0.29) is 6.10 Å². The SMILES string of the molecule is CSc1cccc(NCCCC(C)O)c1C#N. The van der Waals surface area contributed by atoms with Crippen molar-refractivity contribution in [1.29, 1.82) is 5.26 Å². The average molecular weight is 250 g/mol. The molecule has 0 saturated heterocycles. The van der Waals surface area contributed by atoms with E-state index in [1.165, 1.54) is 0 Å². The minimum Gasteiger partial charge on any atom is -0.393 e. The molecule has 17 heavy (non-hydrogen) atoms. The van der Waals surface area contributed by atoms with Gasteiger partial charge in [0.05, 0.1) is 17.4 Å². The maximum atomic E-state index is 9.15. The van der Waals surface area contributed by atoms with Crippen molar-refractivity contribution < 1.29 is 5.11 Å². The molecule has 0 spiro atoms. The van der Waals surface area contributed by atoms with Gasteiger partial charge in [0.15, 0.2) is 0 Å². The van der Waals surface area contributed by atoms with E-state index in [0.29, 0.717) is 5.56 Å². The van der Waals surface area contributed by atoms with Crippen molar-refractivity contribution >= 4 is 17.4 Å². The van der Waals surface area contributed by atoms with E-state index in [2.05, 4.69) is 11.4 Å². The van der Waals surface area contributed by atoms with Gasteiger partial charge < -0.3 is 10.4 Å². The Morgan fingerprint density at radius 2 is 2.29 bits per heavy atom. The molecule has 2 N–H and O–H groups in total. The van der Waals surface area contributed by atoms with Crippen LogP contribution in [0, 0.1) is 11.3 Å². The summed E-state index contributed by atoms with van der Waals surface area (Å²) in [5.41, 5.74) is 1.59. The molecule has 0 bridgehead atoms. The summed E-state index contributed by atoms with van der Waals surface area (Å²) in [5, 5.41) is 21.5. The van der Waals surface area contributed by atoms with Gasteiger partial charge >= 0.3 is 0 Å². The molecular weight excluding hydrogens is 232 g/mol. The molecule has 0 aromatic heterocycles. The average Bonchev–Trinajstić information content (AvgIpc) is 2.33. The topological polar surface area (TPSA) is 56.0 Å². The Morgan fingerprint density at radius 3 is 2.88 bits per heavy atom. The van der Waals surface area contributed by atoms with Gasteiger partial charge in [0.1, 0.15) is 6.07 Å². The first-order valence-corrected chi connectivity index (χ1v) is 6.90. The maximum absolute atomic E-state index is 9.15. The van der Waals surface area contributed by atoms with Gasteiger partial charge in [0.25, 0.3) is 0 Å². The van der Waals surface area contributed by atoms with Crippen molar-refractivity contribution in [3.8, 4) is 6.07 Å². The lowest BCUT2D eigenvalue weighted by atomic mass is 10.1. The Hall–Kier alpha value is -1.18. The number of nitriles is 1. The van der Waals surface area contributed by atoms with Crippen LogP contribution in [-0.2, 0) is 0 Å². The van der Waals surface area contributed by atoms with Gasteiger partial charge in [0, 0.05) is 11.4 Å². The highest BCUT2D eigenvalue weighted by Gasteiger charge is 2.06. The minimum atomic E-state index is -0.259. The number of nitrogens with zero attached hydrogens (tertiary/aromatic N) is 1. The van der Waals surface area contributed by atoms with Crippen molar-refractivity contribution in [2.24, 2.45) is 0 Å². The molecule has 3 nitrogen and oxygen atoms in total. The third kappa shape index (κ3) is 4.29. The Balaban J connectivity index is 2.62. The van der Waals surface area contributed by atoms with Crippen LogP contribution in [0.5, 0.6) is 0 Å². The molecule has 4 heteroatoms. The highest BCUT2D eigenvalue weighted by atomic mass is 32.2. The second kappa shape index (κ2) is 7.21. The van der Waals surface area contributed by atoms with Crippen LogP contribution in [0.4, 0.5) is 5.69 Å². The zero-order valence-corrected chi connectivity index (χ0v) is 11.0. The quantitative estimate of drug-likeness (QED) is 0.602. The number of hydrogen-bond donors (Lipinski definition) is 2. The van der Waals surface area contributed by atoms with Crippen molar-refractivity contribution in [2.45, 2.75) is 30.8 Å². The number of rotatable bonds is 6. The van der Waals surface area contributed by atoms with Gasteiger partial charge in [0.2, 0.25) is 0 Å². The molecule has 0 radical (unpaired) electrons. The van der Waals surface area contributed by atoms with Gasteiger partial charge in [-0.1, -0.05) is 6.07 Å². The van der Waals surface area contributed by atoms with Crippen LogP contribution >= 0.6 is 11.8 Å². The lowest BCUT2D eigenvalue weighted by molar-refractivity contribution is 0.183. The van der Waals surface area contributed by atoms with E-state index in [1.54, 1.807) is 18.7 Å². The van der Waals surface area contributed by atoms with E-state index in [0.717, 1.165) is 30.0 Å². The summed E-state index contributed by atoms with van der Waals surface area (Å²) >= 11 is 1.58. The first-order valence-electron chi connectivity index (χ1n) is 5.68. The Labute approximate surface area is 107 Å². The second-order valence-electron chi connectivity index (χ2n) is 3.91. The highest BCUT2D eigenvalue weighted by molar-refractivity contribution is 7.98. The highest BCUT2D eigenvalue weighted by Crippen LogP contribution is 2.26. The molecule has 0 amide bonds. The number of nitrogens with one attached hydrogen (secondary N) is 1. The van der Waals surface area contributed by atoms with Gasteiger partial charge in [-0.15, -0.1) is 11.8 Å². The molecule has 0 fully saturated rings. The number of aliphatic hydroxyl groups is 1. The van der Waals surface area contributed by atoms with Crippen LogP contribution in [0.15, 0.2) is 23.1 Å². The third-order valence-corrected chi connectivity index (χ3v) is 3.25. The predicted molar refractivity (Wildman–Crippen MR) is 72.3 cm³/mol. The minimum absolute atomic E-state index is 0.259. The van der Waals surface area contributed by atoms with Crippen molar-refractivity contribution in [3.05, 3.63) is 23.8 Å². The molecule has 0 aliphatic carbocycles. The summed E-state index contributed by atoms with van der Waals surface area (Å²) in [5.74, 6) is 0. The van der Waals surface area contributed by atoms with Crippen molar-refractivity contribution in [3.63, 3.8) is 0 Å². The Kier molecular flexibility index (Phi) is 5.88. The standard InChI is InChI=1S/C13H18N2OS/c1-10(16)5-4-8-15-12-6-3-7-13(17-2)11(12)9-14/h3,6-7,10,15-16H,4-5,8H2,1-2H3. The van der Waals surface area contributed by atoms with E-state index in [4.69, 9.17) is 10.4 Å². The number of aliphatic hydroxyl groups excluding tert-OH is 1. The summed E-state index contributed by atoms with van der Waals surface area (Å²) in [7, 11) is 0. The van der Waals surface area contributed by atoms with E-state index in [9.17, 15) is 0 Å². The fourth-order valence-corrected chi connectivity index (χ4v) is 2.16. The Bertz CT molecular complexity index is 399. The summed E-state index contributed by atoms with van der Waals surface area (Å²) in [6.45, 7) is 2.56. The maximum Gasteiger partial charge on any atom is 0.102 e. The fourth-order valence-electron chi connectivity index (χ4n) is 1.58. The molecule has 1 unspecified atom stereocenters. The number of thioether (sulfide) groups is 1. The smallest absolute Gasteiger partial charge is 0.102 e. The van der Waals surface area contributed by atoms with Gasteiger partial charge in [-0.3, -0.25) is 0 Å². The monoisotopic (exact) mass is 250 g/mol. The largest absolute Gasteiger partial charge is 0.393 e. The third-order valence-electron chi connectivity index (χ3n) is 2.47. The summed E-state index contributed by atoms with van der Waals surface area (Å²) in [4.78, 5) is 0.994. The van der Waals surface area contributed by atoms with Crippen LogP contribution in [0.25, 0.3) is 0 Å². The summed E-state index contributed by atoms with van der Waals surface area (Å²) < 4.78 is 0. The predicted octanol–water partition coefficient (Wildman–Crippen LogP) is 2.85. The molecular formula is C13H18N2OS. The second-order valence-corrected chi connectivity index (χ2v) is 4.76. The molecule has 92 valence electrons. The number of benzene rings is 1. The van der Waals surface area contributed by atoms with Gasteiger partial charge in [-0.05, 0) is 38.2 Å².